The Balaban J connectivity index is 3.60. The number of hydrogen-bond acceptors (Lipinski definition) is 2. The molecule has 0 amide bonds. The number of nitrogens with two attached hydrogens (primary N) is 2. The molecule has 0 bridgehead atoms. The molecule has 0 saturated heterocycles. The van der Waals surface area contributed by atoms with Crippen LogP contribution in [0.1, 0.15) is 26.2 Å². The fourth-order valence-electron chi connectivity index (χ4n) is 1.20. The summed E-state index contributed by atoms with van der Waals surface area (Å²) in [7, 11) is 0. The van der Waals surface area contributed by atoms with Gasteiger partial charge < -0.3 is 11.5 Å². The summed E-state index contributed by atoms with van der Waals surface area (Å²) in [5.41, 5.74) is 12.1. The highest BCUT2D eigenvalue weighted by Gasteiger charge is 2.06. The summed E-state index contributed by atoms with van der Waals surface area (Å²) in [6.07, 6.45) is 3.27. The summed E-state index contributed by atoms with van der Waals surface area (Å²) < 4.78 is 0. The van der Waals surface area contributed by atoms with Crippen LogP contribution in [0, 0.1) is 5.92 Å². The van der Waals surface area contributed by atoms with Gasteiger partial charge in [-0.25, -0.2) is 0 Å². The van der Waals surface area contributed by atoms with E-state index in [0.717, 1.165) is 32.4 Å². The summed E-state index contributed by atoms with van der Waals surface area (Å²) in [6, 6.07) is 0. The van der Waals surface area contributed by atoms with Crippen LogP contribution >= 0.6 is 0 Å². The summed E-state index contributed by atoms with van der Waals surface area (Å²) in [6.45, 7) is 7.52. The molecule has 0 aliphatic heterocycles. The second kappa shape index (κ2) is 6.38. The molecule has 1 unspecified atom stereocenters. The van der Waals surface area contributed by atoms with Gasteiger partial charge in [-0.2, -0.15) is 0 Å². The number of hydrogen-bond donors (Lipinski definition) is 2. The van der Waals surface area contributed by atoms with E-state index in [4.69, 9.17) is 11.5 Å². The van der Waals surface area contributed by atoms with Gasteiger partial charge in [0.05, 0.1) is 0 Å². The molecule has 0 fully saturated rings. The van der Waals surface area contributed by atoms with Gasteiger partial charge in [0, 0.05) is 0 Å². The minimum absolute atomic E-state index is 0.587. The molecule has 0 radical (unpaired) electrons. The van der Waals surface area contributed by atoms with Crippen molar-refractivity contribution in [2.24, 2.45) is 17.4 Å². The maximum Gasteiger partial charge on any atom is -0.00716 e. The van der Waals surface area contributed by atoms with Crippen LogP contribution in [-0.2, 0) is 0 Å². The Morgan fingerprint density at radius 1 is 1.27 bits per heavy atom. The lowest BCUT2D eigenvalue weighted by molar-refractivity contribution is 0.509. The van der Waals surface area contributed by atoms with Crippen LogP contribution in [0.2, 0.25) is 0 Å². The lowest BCUT2D eigenvalue weighted by atomic mass is 9.93. The van der Waals surface area contributed by atoms with Crippen LogP contribution < -0.4 is 11.5 Å². The first kappa shape index (κ1) is 10.7. The highest BCUT2D eigenvalue weighted by Crippen LogP contribution is 2.17. The van der Waals surface area contributed by atoms with Gasteiger partial charge in [-0.3, -0.25) is 0 Å². The van der Waals surface area contributed by atoms with Crippen molar-refractivity contribution in [1.29, 1.82) is 0 Å². The second-order valence-electron chi connectivity index (χ2n) is 3.05. The molecule has 11 heavy (non-hydrogen) atoms. The first-order valence-corrected chi connectivity index (χ1v) is 4.28. The van der Waals surface area contributed by atoms with E-state index in [-0.39, 0.29) is 0 Å². The molecule has 0 aliphatic rings. The van der Waals surface area contributed by atoms with E-state index in [2.05, 4.69) is 13.5 Å². The van der Waals surface area contributed by atoms with Gasteiger partial charge in [-0.1, -0.05) is 12.2 Å². The first-order valence-electron chi connectivity index (χ1n) is 4.28. The molecule has 0 aromatic rings. The predicted molar refractivity (Wildman–Crippen MR) is 50.3 cm³/mol. The zero-order valence-electron chi connectivity index (χ0n) is 7.47. The van der Waals surface area contributed by atoms with Crippen molar-refractivity contribution in [3.63, 3.8) is 0 Å². The average Bonchev–Trinajstić information content (AvgIpc) is 1.97. The van der Waals surface area contributed by atoms with Crippen LogP contribution in [0.25, 0.3) is 0 Å². The third-order valence-corrected chi connectivity index (χ3v) is 1.97. The summed E-state index contributed by atoms with van der Waals surface area (Å²) >= 11 is 0. The van der Waals surface area contributed by atoms with Crippen molar-refractivity contribution in [3.8, 4) is 0 Å². The largest absolute Gasteiger partial charge is 0.330 e. The third-order valence-electron chi connectivity index (χ3n) is 1.97. The van der Waals surface area contributed by atoms with E-state index in [1.54, 1.807) is 0 Å². The molecular formula is C9H20N2. The smallest absolute Gasteiger partial charge is 0.00716 e. The standard InChI is InChI=1S/C9H20N2/c1-8(2)9(5-7-11)4-3-6-10/h9H,1,3-7,10-11H2,2H3. The Morgan fingerprint density at radius 2 is 1.91 bits per heavy atom. The molecule has 1 atom stereocenters. The lowest BCUT2D eigenvalue weighted by Gasteiger charge is -2.14. The lowest BCUT2D eigenvalue weighted by Crippen LogP contribution is -2.11. The Morgan fingerprint density at radius 3 is 2.27 bits per heavy atom. The van der Waals surface area contributed by atoms with Gasteiger partial charge >= 0.3 is 0 Å². The molecule has 0 aromatic carbocycles. The van der Waals surface area contributed by atoms with Crippen molar-refractivity contribution in [2.45, 2.75) is 26.2 Å². The molecule has 2 heteroatoms. The van der Waals surface area contributed by atoms with Gasteiger partial charge in [-0.05, 0) is 45.2 Å². The molecule has 2 nitrogen and oxygen atoms in total. The molecule has 0 aliphatic carbocycles. The Kier molecular flexibility index (Phi) is 6.18. The normalized spacial score (nSPS) is 13.0. The van der Waals surface area contributed by atoms with E-state index in [9.17, 15) is 0 Å². The van der Waals surface area contributed by atoms with Crippen molar-refractivity contribution in [1.82, 2.24) is 0 Å². The summed E-state index contributed by atoms with van der Waals surface area (Å²) in [5, 5.41) is 0. The van der Waals surface area contributed by atoms with E-state index in [0.29, 0.717) is 5.92 Å². The maximum atomic E-state index is 5.47. The van der Waals surface area contributed by atoms with Crippen LogP contribution in [0.4, 0.5) is 0 Å². The van der Waals surface area contributed by atoms with Crippen molar-refractivity contribution in [3.05, 3.63) is 12.2 Å². The minimum atomic E-state index is 0.587. The molecule has 0 heterocycles. The average molecular weight is 156 g/mol. The van der Waals surface area contributed by atoms with Crippen LogP contribution in [-0.4, -0.2) is 13.1 Å². The molecule has 0 spiro atoms. The van der Waals surface area contributed by atoms with Gasteiger partial charge in [-0.15, -0.1) is 0 Å². The highest BCUT2D eigenvalue weighted by molar-refractivity contribution is 4.95. The van der Waals surface area contributed by atoms with E-state index in [1.807, 2.05) is 0 Å². The van der Waals surface area contributed by atoms with E-state index >= 15 is 0 Å². The summed E-state index contributed by atoms with van der Waals surface area (Å²) in [4.78, 5) is 0. The fourth-order valence-corrected chi connectivity index (χ4v) is 1.20. The van der Waals surface area contributed by atoms with E-state index < -0.39 is 0 Å². The maximum absolute atomic E-state index is 5.47. The van der Waals surface area contributed by atoms with E-state index in [1.165, 1.54) is 5.57 Å². The monoisotopic (exact) mass is 156 g/mol. The van der Waals surface area contributed by atoms with Gasteiger partial charge in [0.2, 0.25) is 0 Å². The Hall–Kier alpha value is -0.340. The molecular weight excluding hydrogens is 136 g/mol. The predicted octanol–water partition coefficient (Wildman–Crippen LogP) is 1.27. The first-order chi connectivity index (χ1) is 5.22. The molecule has 0 saturated carbocycles. The van der Waals surface area contributed by atoms with Crippen molar-refractivity contribution >= 4 is 0 Å². The second-order valence-corrected chi connectivity index (χ2v) is 3.05. The Labute approximate surface area is 69.6 Å². The molecule has 0 aromatic heterocycles. The van der Waals surface area contributed by atoms with Crippen LogP contribution in [0.3, 0.4) is 0 Å². The SMILES string of the molecule is C=C(C)C(CCN)CCCN. The third kappa shape index (κ3) is 4.99. The van der Waals surface area contributed by atoms with Crippen LogP contribution in [0.5, 0.6) is 0 Å². The van der Waals surface area contributed by atoms with Crippen LogP contribution in [0.15, 0.2) is 12.2 Å². The zero-order valence-corrected chi connectivity index (χ0v) is 7.47. The number of rotatable bonds is 6. The number of allylic oxidation sites excluding steroid dienone is 1. The summed E-state index contributed by atoms with van der Waals surface area (Å²) in [5.74, 6) is 0.587. The fraction of sp³-hybridized carbons (Fsp3) is 0.778. The van der Waals surface area contributed by atoms with Crippen molar-refractivity contribution in [2.75, 3.05) is 13.1 Å². The van der Waals surface area contributed by atoms with Gasteiger partial charge in [0.15, 0.2) is 0 Å². The zero-order chi connectivity index (χ0) is 8.69. The molecule has 0 rings (SSSR count). The van der Waals surface area contributed by atoms with Crippen molar-refractivity contribution < 1.29 is 0 Å². The topological polar surface area (TPSA) is 52.0 Å². The highest BCUT2D eigenvalue weighted by atomic mass is 14.5. The minimum Gasteiger partial charge on any atom is -0.330 e. The van der Waals surface area contributed by atoms with Gasteiger partial charge in [0.25, 0.3) is 0 Å². The Bertz CT molecular complexity index is 110. The van der Waals surface area contributed by atoms with Gasteiger partial charge in [0.1, 0.15) is 0 Å². The molecule has 66 valence electrons. The quantitative estimate of drug-likeness (QED) is 0.569. The molecule has 4 N–H and O–H groups in total.